The number of hydrogen-bond acceptors (Lipinski definition) is 6. The van der Waals surface area contributed by atoms with Crippen molar-refractivity contribution in [2.75, 3.05) is 6.54 Å². The Hall–Kier alpha value is -3.06. The fraction of sp³-hybridized carbons (Fsp3) is 0.227. The topological polar surface area (TPSA) is 78.9 Å². The molecular formula is C22H19N3O3S. The molecule has 0 spiro atoms. The first kappa shape index (κ1) is 18.0. The Bertz CT molecular complexity index is 1100. The van der Waals surface area contributed by atoms with Crippen LogP contribution in [-0.4, -0.2) is 37.9 Å². The lowest BCUT2D eigenvalue weighted by atomic mass is 10.0. The summed E-state index contributed by atoms with van der Waals surface area (Å²) in [5.74, 6) is 0.506. The van der Waals surface area contributed by atoms with Crippen LogP contribution < -0.4 is 0 Å². The van der Waals surface area contributed by atoms with Crippen molar-refractivity contribution in [2.45, 2.75) is 24.3 Å². The number of hydrogen-bond donors (Lipinski definition) is 1. The normalized spacial score (nSPS) is 23.1. The molecular weight excluding hydrogens is 386 g/mol. The molecule has 0 radical (unpaired) electrons. The van der Waals surface area contributed by atoms with Gasteiger partial charge in [0.25, 0.3) is 0 Å². The first-order valence-electron chi connectivity index (χ1n) is 9.45. The van der Waals surface area contributed by atoms with Crippen LogP contribution in [-0.2, 0) is 0 Å². The number of amidine groups is 1. The van der Waals surface area contributed by atoms with Crippen LogP contribution in [0.5, 0.6) is 0 Å². The van der Waals surface area contributed by atoms with Crippen molar-refractivity contribution < 1.29 is 14.3 Å². The van der Waals surface area contributed by atoms with Gasteiger partial charge in [-0.05, 0) is 36.4 Å². The second-order valence-electron chi connectivity index (χ2n) is 7.22. The maximum absolute atomic E-state index is 11.3. The highest BCUT2D eigenvalue weighted by atomic mass is 32.2. The van der Waals surface area contributed by atoms with Crippen molar-refractivity contribution in [3.63, 3.8) is 0 Å². The number of aliphatic imine (C=N–C) groups is 1. The average Bonchev–Trinajstić information content (AvgIpc) is 3.42. The van der Waals surface area contributed by atoms with E-state index in [0.29, 0.717) is 11.0 Å². The highest BCUT2D eigenvalue weighted by Gasteiger charge is 2.45. The number of carboxylic acids is 1. The predicted molar refractivity (Wildman–Crippen MR) is 112 cm³/mol. The standard InChI is InChI=1S/C22H19N3O3S/c1-13-12-25-20(19(24-22(25)29-13)16-7-2-3-10-23-16)18-9-8-17(28-18)14-5-4-6-15(11-14)21(26)27/h2-11,13,19-20H,12H2,1H3,(H,26,27)/t13-,19+,20+/m1/s1. The van der Waals surface area contributed by atoms with E-state index in [9.17, 15) is 9.90 Å². The maximum Gasteiger partial charge on any atom is 0.335 e. The summed E-state index contributed by atoms with van der Waals surface area (Å²) in [5.41, 5.74) is 1.90. The Labute approximate surface area is 172 Å². The molecule has 3 atom stereocenters. The van der Waals surface area contributed by atoms with E-state index in [-0.39, 0.29) is 17.6 Å². The van der Waals surface area contributed by atoms with Crippen molar-refractivity contribution in [1.82, 2.24) is 9.88 Å². The van der Waals surface area contributed by atoms with Crippen LogP contribution in [0, 0.1) is 0 Å². The lowest BCUT2D eigenvalue weighted by Gasteiger charge is -2.25. The van der Waals surface area contributed by atoms with Gasteiger partial charge in [0.15, 0.2) is 5.17 Å². The Morgan fingerprint density at radius 3 is 2.90 bits per heavy atom. The Balaban J connectivity index is 1.52. The summed E-state index contributed by atoms with van der Waals surface area (Å²) in [6.07, 6.45) is 1.79. The van der Waals surface area contributed by atoms with Gasteiger partial charge in [-0.2, -0.15) is 0 Å². The van der Waals surface area contributed by atoms with Crippen molar-refractivity contribution >= 4 is 22.9 Å². The second kappa shape index (κ2) is 7.08. The molecule has 7 heteroatoms. The largest absolute Gasteiger partial charge is 0.478 e. The summed E-state index contributed by atoms with van der Waals surface area (Å²) < 4.78 is 6.24. The Kier molecular flexibility index (Phi) is 4.39. The van der Waals surface area contributed by atoms with Gasteiger partial charge in [-0.1, -0.05) is 36.9 Å². The van der Waals surface area contributed by atoms with Gasteiger partial charge in [-0.25, -0.2) is 9.79 Å². The summed E-state index contributed by atoms with van der Waals surface area (Å²) in [6, 6.07) is 16.3. The molecule has 3 aromatic rings. The van der Waals surface area contributed by atoms with Crippen molar-refractivity contribution in [1.29, 1.82) is 0 Å². The third kappa shape index (κ3) is 3.21. The molecule has 0 amide bonds. The summed E-state index contributed by atoms with van der Waals surface area (Å²) in [6.45, 7) is 3.10. The molecule has 2 aromatic heterocycles. The predicted octanol–water partition coefficient (Wildman–Crippen LogP) is 4.63. The third-order valence-corrected chi connectivity index (χ3v) is 6.30. The summed E-state index contributed by atoms with van der Waals surface area (Å²) in [5, 5.41) is 10.8. The lowest BCUT2D eigenvalue weighted by molar-refractivity contribution is 0.0697. The number of rotatable bonds is 4. The molecule has 0 unspecified atom stereocenters. The zero-order valence-corrected chi connectivity index (χ0v) is 16.5. The van der Waals surface area contributed by atoms with E-state index in [1.807, 2.05) is 36.4 Å². The molecule has 29 heavy (non-hydrogen) atoms. The van der Waals surface area contributed by atoms with Gasteiger partial charge < -0.3 is 14.4 Å². The van der Waals surface area contributed by atoms with E-state index in [0.717, 1.165) is 28.7 Å². The van der Waals surface area contributed by atoms with Gasteiger partial charge in [0.1, 0.15) is 23.6 Å². The number of carbonyl (C=O) groups is 1. The molecule has 4 heterocycles. The molecule has 5 rings (SSSR count). The minimum atomic E-state index is -0.953. The number of benzene rings is 1. The van der Waals surface area contributed by atoms with Gasteiger partial charge in [0, 0.05) is 23.6 Å². The zero-order chi connectivity index (χ0) is 20.0. The highest BCUT2D eigenvalue weighted by Crippen LogP contribution is 2.48. The van der Waals surface area contributed by atoms with Crippen molar-refractivity contribution in [3.8, 4) is 11.3 Å². The molecule has 146 valence electrons. The van der Waals surface area contributed by atoms with Crippen molar-refractivity contribution in [3.05, 3.63) is 77.8 Å². The maximum atomic E-state index is 11.3. The summed E-state index contributed by atoms with van der Waals surface area (Å²) in [4.78, 5) is 23.1. The minimum Gasteiger partial charge on any atom is -0.478 e. The molecule has 1 fully saturated rings. The molecule has 6 nitrogen and oxygen atoms in total. The second-order valence-corrected chi connectivity index (χ2v) is 8.63. The van der Waals surface area contributed by atoms with Gasteiger partial charge >= 0.3 is 5.97 Å². The molecule has 1 saturated heterocycles. The third-order valence-electron chi connectivity index (χ3n) is 5.19. The van der Waals surface area contributed by atoms with E-state index in [4.69, 9.17) is 9.41 Å². The van der Waals surface area contributed by atoms with Crippen LogP contribution in [0.4, 0.5) is 0 Å². The number of carboxylic acid groups (broad SMARTS) is 1. The van der Waals surface area contributed by atoms with E-state index in [1.54, 1.807) is 36.2 Å². The fourth-order valence-electron chi connectivity index (χ4n) is 3.90. The van der Waals surface area contributed by atoms with Crippen LogP contribution in [0.1, 0.15) is 40.8 Å². The molecule has 1 aromatic carbocycles. The Morgan fingerprint density at radius 2 is 2.10 bits per heavy atom. The zero-order valence-electron chi connectivity index (χ0n) is 15.7. The van der Waals surface area contributed by atoms with Crippen LogP contribution >= 0.6 is 11.8 Å². The molecule has 0 aliphatic carbocycles. The number of aromatic nitrogens is 1. The van der Waals surface area contributed by atoms with Gasteiger partial charge in [0.05, 0.1) is 11.3 Å². The quantitative estimate of drug-likeness (QED) is 0.682. The monoisotopic (exact) mass is 405 g/mol. The van der Waals surface area contributed by atoms with Crippen LogP contribution in [0.3, 0.4) is 0 Å². The smallest absolute Gasteiger partial charge is 0.335 e. The number of nitrogens with zero attached hydrogens (tertiary/aromatic N) is 3. The van der Waals surface area contributed by atoms with E-state index in [2.05, 4.69) is 16.8 Å². The van der Waals surface area contributed by atoms with E-state index in [1.165, 1.54) is 0 Å². The van der Waals surface area contributed by atoms with Gasteiger partial charge in [-0.3, -0.25) is 4.98 Å². The van der Waals surface area contributed by atoms with Gasteiger partial charge in [-0.15, -0.1) is 0 Å². The van der Waals surface area contributed by atoms with E-state index < -0.39 is 5.97 Å². The summed E-state index contributed by atoms with van der Waals surface area (Å²) >= 11 is 1.78. The van der Waals surface area contributed by atoms with Crippen LogP contribution in [0.2, 0.25) is 0 Å². The lowest BCUT2D eigenvalue weighted by Crippen LogP contribution is -2.28. The summed E-state index contributed by atoms with van der Waals surface area (Å²) in [7, 11) is 0. The number of fused-ring (bicyclic) bond motifs is 1. The average molecular weight is 405 g/mol. The SMILES string of the molecule is C[C@@H]1CN2C(=N[C@@H](c3ccccn3)[C@@H]2c2ccc(-c3cccc(C(=O)O)c3)o2)S1. The minimum absolute atomic E-state index is 0.0613. The molecule has 0 saturated carbocycles. The molecule has 1 N–H and O–H groups in total. The van der Waals surface area contributed by atoms with Gasteiger partial charge in [0.2, 0.25) is 0 Å². The number of pyridine rings is 1. The number of aromatic carboxylic acids is 1. The first-order chi connectivity index (χ1) is 14.1. The van der Waals surface area contributed by atoms with Crippen molar-refractivity contribution in [2.24, 2.45) is 4.99 Å². The van der Waals surface area contributed by atoms with Crippen LogP contribution in [0.15, 0.2) is 70.2 Å². The number of furan rings is 1. The van der Waals surface area contributed by atoms with Crippen LogP contribution in [0.25, 0.3) is 11.3 Å². The van der Waals surface area contributed by atoms with E-state index >= 15 is 0 Å². The Morgan fingerprint density at radius 1 is 1.21 bits per heavy atom. The molecule has 0 bridgehead atoms. The highest BCUT2D eigenvalue weighted by molar-refractivity contribution is 8.14. The first-order valence-corrected chi connectivity index (χ1v) is 10.3. The molecule has 2 aliphatic heterocycles. The fourth-order valence-corrected chi connectivity index (χ4v) is 4.99. The number of thioether (sulfide) groups is 1. The molecule has 2 aliphatic rings.